The molecule has 2 aliphatic heterocycles. The molecular formula is C19H27N5O. The quantitative estimate of drug-likeness (QED) is 0.856. The summed E-state index contributed by atoms with van der Waals surface area (Å²) in [7, 11) is 0. The van der Waals surface area contributed by atoms with Crippen molar-refractivity contribution < 1.29 is 4.74 Å². The van der Waals surface area contributed by atoms with Gasteiger partial charge in [-0.2, -0.15) is 0 Å². The van der Waals surface area contributed by atoms with E-state index in [-0.39, 0.29) is 0 Å². The second-order valence-corrected chi connectivity index (χ2v) is 7.32. The largest absolute Gasteiger partial charge is 0.381 e. The fourth-order valence-electron chi connectivity index (χ4n) is 3.93. The minimum atomic E-state index is 0.433. The van der Waals surface area contributed by atoms with Crippen LogP contribution in [0.1, 0.15) is 42.5 Å². The molecule has 4 rings (SSSR count). The zero-order chi connectivity index (χ0) is 17.2. The van der Waals surface area contributed by atoms with E-state index >= 15 is 0 Å². The Balaban J connectivity index is 1.41. The lowest BCUT2D eigenvalue weighted by Gasteiger charge is -2.33. The summed E-state index contributed by atoms with van der Waals surface area (Å²) in [6.07, 6.45) is 7.45. The lowest BCUT2D eigenvalue weighted by molar-refractivity contribution is 0.193. The van der Waals surface area contributed by atoms with E-state index in [0.29, 0.717) is 5.92 Å². The molecule has 0 bridgehead atoms. The third-order valence-electron chi connectivity index (χ3n) is 5.51. The van der Waals surface area contributed by atoms with Crippen LogP contribution in [0.25, 0.3) is 0 Å². The van der Waals surface area contributed by atoms with E-state index in [2.05, 4.69) is 38.6 Å². The first kappa shape index (κ1) is 16.5. The molecule has 6 nitrogen and oxygen atoms in total. The maximum atomic E-state index is 5.53. The molecule has 0 N–H and O–H groups in total. The van der Waals surface area contributed by atoms with Gasteiger partial charge in [0.15, 0.2) is 0 Å². The Bertz CT molecular complexity index is 714. The summed E-state index contributed by atoms with van der Waals surface area (Å²) in [6, 6.07) is 2.19. The summed E-state index contributed by atoms with van der Waals surface area (Å²) < 4.78 is 7.80. The van der Waals surface area contributed by atoms with Crippen LogP contribution in [0.2, 0.25) is 0 Å². The predicted molar refractivity (Wildman–Crippen MR) is 96.8 cm³/mol. The van der Waals surface area contributed by atoms with Crippen molar-refractivity contribution in [3.05, 3.63) is 35.8 Å². The number of piperidine rings is 1. The number of hydrogen-bond donors (Lipinski definition) is 0. The SMILES string of the molecule is Cc1nc([C@@H]2CCOC2)cc(N2CCC(Cn3ccnc3C)CC2)n1. The topological polar surface area (TPSA) is 56.1 Å². The fraction of sp³-hybridized carbons (Fsp3) is 0.632. The van der Waals surface area contributed by atoms with Gasteiger partial charge in [0.05, 0.1) is 12.3 Å². The molecule has 2 aromatic heterocycles. The van der Waals surface area contributed by atoms with Crippen molar-refractivity contribution in [2.24, 2.45) is 5.92 Å². The molecule has 2 saturated heterocycles. The minimum Gasteiger partial charge on any atom is -0.381 e. The summed E-state index contributed by atoms with van der Waals surface area (Å²) in [4.78, 5) is 16.1. The molecule has 2 fully saturated rings. The lowest BCUT2D eigenvalue weighted by Crippen LogP contribution is -2.35. The highest BCUT2D eigenvalue weighted by Crippen LogP contribution is 2.28. The third-order valence-corrected chi connectivity index (χ3v) is 5.51. The molecule has 1 atom stereocenters. The van der Waals surface area contributed by atoms with Crippen molar-refractivity contribution in [1.29, 1.82) is 0 Å². The normalized spacial score (nSPS) is 21.8. The molecule has 0 aliphatic carbocycles. The summed E-state index contributed by atoms with van der Waals surface area (Å²) >= 11 is 0. The van der Waals surface area contributed by atoms with Gasteiger partial charge in [-0.1, -0.05) is 0 Å². The van der Waals surface area contributed by atoms with Crippen molar-refractivity contribution in [3.8, 4) is 0 Å². The van der Waals surface area contributed by atoms with E-state index in [9.17, 15) is 0 Å². The van der Waals surface area contributed by atoms with Crippen molar-refractivity contribution in [2.75, 3.05) is 31.2 Å². The molecule has 0 unspecified atom stereocenters. The Hall–Kier alpha value is -1.95. The summed E-state index contributed by atoms with van der Waals surface area (Å²) in [5, 5.41) is 0. The number of imidazole rings is 1. The molecule has 2 aromatic rings. The van der Waals surface area contributed by atoms with Gasteiger partial charge < -0.3 is 14.2 Å². The van der Waals surface area contributed by atoms with Crippen LogP contribution in [0, 0.1) is 19.8 Å². The Kier molecular flexibility index (Phi) is 4.70. The molecule has 0 amide bonds. The first-order valence-electron chi connectivity index (χ1n) is 9.35. The Labute approximate surface area is 149 Å². The van der Waals surface area contributed by atoms with Crippen LogP contribution in [-0.2, 0) is 11.3 Å². The molecule has 0 radical (unpaired) electrons. The number of aryl methyl sites for hydroxylation is 2. The number of aromatic nitrogens is 4. The second kappa shape index (κ2) is 7.12. The summed E-state index contributed by atoms with van der Waals surface area (Å²) in [5.74, 6) is 4.22. The molecule has 134 valence electrons. The van der Waals surface area contributed by atoms with Gasteiger partial charge in [0.1, 0.15) is 17.5 Å². The molecule has 0 spiro atoms. The van der Waals surface area contributed by atoms with Crippen LogP contribution in [0.15, 0.2) is 18.5 Å². The molecule has 25 heavy (non-hydrogen) atoms. The molecular weight excluding hydrogens is 314 g/mol. The highest BCUT2D eigenvalue weighted by atomic mass is 16.5. The van der Waals surface area contributed by atoms with E-state index in [0.717, 1.165) is 68.3 Å². The smallest absolute Gasteiger partial charge is 0.132 e. The average Bonchev–Trinajstić information content (AvgIpc) is 3.28. The predicted octanol–water partition coefficient (Wildman–Crippen LogP) is 2.71. The number of hydrogen-bond acceptors (Lipinski definition) is 5. The Morgan fingerprint density at radius 1 is 1.16 bits per heavy atom. The van der Waals surface area contributed by atoms with Gasteiger partial charge in [-0.25, -0.2) is 15.0 Å². The van der Waals surface area contributed by atoms with Crippen LogP contribution in [-0.4, -0.2) is 45.8 Å². The van der Waals surface area contributed by atoms with Crippen molar-refractivity contribution in [1.82, 2.24) is 19.5 Å². The number of ether oxygens (including phenoxy) is 1. The van der Waals surface area contributed by atoms with E-state index < -0.39 is 0 Å². The van der Waals surface area contributed by atoms with Gasteiger partial charge in [0.25, 0.3) is 0 Å². The molecule has 0 saturated carbocycles. The summed E-state index contributed by atoms with van der Waals surface area (Å²) in [5.41, 5.74) is 1.15. The third kappa shape index (κ3) is 3.68. The highest BCUT2D eigenvalue weighted by molar-refractivity contribution is 5.41. The van der Waals surface area contributed by atoms with E-state index in [1.807, 2.05) is 13.1 Å². The lowest BCUT2D eigenvalue weighted by atomic mass is 9.96. The number of nitrogens with zero attached hydrogens (tertiary/aromatic N) is 5. The zero-order valence-corrected chi connectivity index (χ0v) is 15.2. The van der Waals surface area contributed by atoms with Gasteiger partial charge in [-0.05, 0) is 39.0 Å². The van der Waals surface area contributed by atoms with Crippen LogP contribution >= 0.6 is 0 Å². The molecule has 2 aliphatic rings. The zero-order valence-electron chi connectivity index (χ0n) is 15.2. The van der Waals surface area contributed by atoms with Crippen LogP contribution < -0.4 is 4.90 Å². The van der Waals surface area contributed by atoms with Gasteiger partial charge in [-0.15, -0.1) is 0 Å². The first-order valence-corrected chi connectivity index (χ1v) is 9.35. The van der Waals surface area contributed by atoms with Gasteiger partial charge >= 0.3 is 0 Å². The minimum absolute atomic E-state index is 0.433. The van der Waals surface area contributed by atoms with Crippen LogP contribution in [0.5, 0.6) is 0 Å². The van der Waals surface area contributed by atoms with Gasteiger partial charge in [0, 0.05) is 50.6 Å². The molecule has 6 heteroatoms. The molecule has 4 heterocycles. The Morgan fingerprint density at radius 3 is 2.68 bits per heavy atom. The number of rotatable bonds is 4. The van der Waals surface area contributed by atoms with Crippen molar-refractivity contribution in [3.63, 3.8) is 0 Å². The first-order chi connectivity index (χ1) is 12.2. The Morgan fingerprint density at radius 2 is 2.00 bits per heavy atom. The molecule has 0 aromatic carbocycles. The summed E-state index contributed by atoms with van der Waals surface area (Å²) in [6.45, 7) is 8.92. The van der Waals surface area contributed by atoms with E-state index in [1.54, 1.807) is 0 Å². The second-order valence-electron chi connectivity index (χ2n) is 7.32. The van der Waals surface area contributed by atoms with Gasteiger partial charge in [0.2, 0.25) is 0 Å². The van der Waals surface area contributed by atoms with Gasteiger partial charge in [-0.3, -0.25) is 0 Å². The standard InChI is InChI=1S/C19H27N5O/c1-14-21-18(17-5-10-25-13-17)11-19(22-14)23-7-3-16(4-8-23)12-24-9-6-20-15(24)2/h6,9,11,16-17H,3-5,7-8,10,12-13H2,1-2H3/t17-/m1/s1. The monoisotopic (exact) mass is 341 g/mol. The number of anilines is 1. The van der Waals surface area contributed by atoms with Crippen LogP contribution in [0.3, 0.4) is 0 Å². The maximum Gasteiger partial charge on any atom is 0.132 e. The maximum absolute atomic E-state index is 5.53. The fourth-order valence-corrected chi connectivity index (χ4v) is 3.93. The van der Waals surface area contributed by atoms with Crippen molar-refractivity contribution >= 4 is 5.82 Å². The average molecular weight is 341 g/mol. The van der Waals surface area contributed by atoms with E-state index in [1.165, 1.54) is 12.8 Å². The van der Waals surface area contributed by atoms with Crippen LogP contribution in [0.4, 0.5) is 5.82 Å². The van der Waals surface area contributed by atoms with Crippen molar-refractivity contribution in [2.45, 2.75) is 45.6 Å². The van der Waals surface area contributed by atoms with E-state index in [4.69, 9.17) is 9.72 Å². The highest BCUT2D eigenvalue weighted by Gasteiger charge is 2.24.